The molecule has 0 bridgehead atoms. The highest BCUT2D eigenvalue weighted by Crippen LogP contribution is 2.28. The lowest BCUT2D eigenvalue weighted by Crippen LogP contribution is -2.03. The number of nitrogens with one attached hydrogen (secondary N) is 1. The second-order valence-corrected chi connectivity index (χ2v) is 4.20. The van der Waals surface area contributed by atoms with Crippen LogP contribution in [-0.4, -0.2) is 16.7 Å². The van der Waals surface area contributed by atoms with Gasteiger partial charge < -0.3 is 5.73 Å². The standard InChI is InChI=1S/C11H11BrFN3/c12-10-9(5-6-14)15-16-11(10)7-1-3-8(13)4-2-7/h1-4H,5-6,14H2,(H,15,16). The molecule has 0 saturated heterocycles. The van der Waals surface area contributed by atoms with Gasteiger partial charge >= 0.3 is 0 Å². The number of benzene rings is 1. The lowest BCUT2D eigenvalue weighted by molar-refractivity contribution is 0.628. The van der Waals surface area contributed by atoms with E-state index in [1.165, 1.54) is 12.1 Å². The van der Waals surface area contributed by atoms with Crippen LogP contribution in [0.2, 0.25) is 0 Å². The van der Waals surface area contributed by atoms with Crippen molar-refractivity contribution in [2.24, 2.45) is 5.73 Å². The zero-order valence-corrected chi connectivity index (χ0v) is 10.1. The van der Waals surface area contributed by atoms with Crippen molar-refractivity contribution in [3.05, 3.63) is 40.2 Å². The van der Waals surface area contributed by atoms with Crippen LogP contribution in [0.25, 0.3) is 11.3 Å². The molecule has 2 aromatic rings. The van der Waals surface area contributed by atoms with Gasteiger partial charge in [-0.2, -0.15) is 5.10 Å². The Labute approximate surface area is 101 Å². The van der Waals surface area contributed by atoms with Crippen LogP contribution in [0, 0.1) is 5.82 Å². The van der Waals surface area contributed by atoms with Gasteiger partial charge in [-0.25, -0.2) is 4.39 Å². The molecule has 84 valence electrons. The maximum Gasteiger partial charge on any atom is 0.123 e. The van der Waals surface area contributed by atoms with Gasteiger partial charge in [-0.15, -0.1) is 0 Å². The molecule has 0 aliphatic rings. The first-order valence-corrected chi connectivity index (χ1v) is 5.70. The number of rotatable bonds is 3. The first-order valence-electron chi connectivity index (χ1n) is 4.91. The molecule has 0 atom stereocenters. The number of nitrogens with two attached hydrogens (primary N) is 1. The number of aromatic nitrogens is 2. The normalized spacial score (nSPS) is 10.7. The summed E-state index contributed by atoms with van der Waals surface area (Å²) in [5.41, 5.74) is 8.09. The number of aromatic amines is 1. The third-order valence-electron chi connectivity index (χ3n) is 2.29. The van der Waals surface area contributed by atoms with Gasteiger partial charge in [0, 0.05) is 12.0 Å². The summed E-state index contributed by atoms with van der Waals surface area (Å²) in [6.07, 6.45) is 0.731. The first-order chi connectivity index (χ1) is 7.72. The van der Waals surface area contributed by atoms with Gasteiger partial charge in [0.2, 0.25) is 0 Å². The minimum absolute atomic E-state index is 0.252. The molecular weight excluding hydrogens is 273 g/mol. The van der Waals surface area contributed by atoms with E-state index in [1.54, 1.807) is 12.1 Å². The Kier molecular flexibility index (Phi) is 3.36. The monoisotopic (exact) mass is 283 g/mol. The van der Waals surface area contributed by atoms with E-state index in [4.69, 9.17) is 5.73 Å². The second-order valence-electron chi connectivity index (χ2n) is 3.41. The molecule has 1 aromatic heterocycles. The van der Waals surface area contributed by atoms with Gasteiger partial charge in [-0.3, -0.25) is 5.10 Å². The zero-order valence-electron chi connectivity index (χ0n) is 8.50. The van der Waals surface area contributed by atoms with Crippen molar-refractivity contribution in [3.8, 4) is 11.3 Å². The Hall–Kier alpha value is -1.20. The Morgan fingerprint density at radius 1 is 1.31 bits per heavy atom. The predicted octanol–water partition coefficient (Wildman–Crippen LogP) is 2.48. The summed E-state index contributed by atoms with van der Waals surface area (Å²) in [5.74, 6) is -0.252. The SMILES string of the molecule is NCCc1[nH]nc(-c2ccc(F)cc2)c1Br. The van der Waals surface area contributed by atoms with Gasteiger partial charge in [0.25, 0.3) is 0 Å². The number of hydrogen-bond acceptors (Lipinski definition) is 2. The molecule has 0 aliphatic heterocycles. The Bertz CT molecular complexity index is 478. The Morgan fingerprint density at radius 2 is 2.00 bits per heavy atom. The average Bonchev–Trinajstić information content (AvgIpc) is 2.63. The van der Waals surface area contributed by atoms with Crippen LogP contribution in [0.1, 0.15) is 5.69 Å². The van der Waals surface area contributed by atoms with E-state index in [0.717, 1.165) is 27.8 Å². The fraction of sp³-hybridized carbons (Fsp3) is 0.182. The molecule has 0 amide bonds. The Morgan fingerprint density at radius 3 is 2.62 bits per heavy atom. The summed E-state index contributed by atoms with van der Waals surface area (Å²) in [6.45, 7) is 0.559. The molecule has 5 heteroatoms. The molecule has 0 unspecified atom stereocenters. The van der Waals surface area contributed by atoms with Crippen molar-refractivity contribution in [2.75, 3.05) is 6.54 Å². The fourth-order valence-electron chi connectivity index (χ4n) is 1.47. The van der Waals surface area contributed by atoms with Crippen molar-refractivity contribution in [2.45, 2.75) is 6.42 Å². The van der Waals surface area contributed by atoms with E-state index >= 15 is 0 Å². The van der Waals surface area contributed by atoms with E-state index in [1.807, 2.05) is 0 Å². The average molecular weight is 284 g/mol. The highest BCUT2D eigenvalue weighted by molar-refractivity contribution is 9.10. The third-order valence-corrected chi connectivity index (χ3v) is 3.14. The van der Waals surface area contributed by atoms with Crippen LogP contribution in [-0.2, 0) is 6.42 Å². The molecular formula is C11H11BrFN3. The van der Waals surface area contributed by atoms with E-state index in [9.17, 15) is 4.39 Å². The van der Waals surface area contributed by atoms with Crippen molar-refractivity contribution in [3.63, 3.8) is 0 Å². The largest absolute Gasteiger partial charge is 0.330 e. The third kappa shape index (κ3) is 2.15. The van der Waals surface area contributed by atoms with Crippen LogP contribution in [0.4, 0.5) is 4.39 Å². The summed E-state index contributed by atoms with van der Waals surface area (Å²) in [5, 5.41) is 7.10. The summed E-state index contributed by atoms with van der Waals surface area (Å²) >= 11 is 3.46. The summed E-state index contributed by atoms with van der Waals surface area (Å²) in [6, 6.07) is 6.23. The molecule has 0 radical (unpaired) electrons. The summed E-state index contributed by atoms with van der Waals surface area (Å²) in [7, 11) is 0. The number of halogens is 2. The highest BCUT2D eigenvalue weighted by atomic mass is 79.9. The van der Waals surface area contributed by atoms with Gasteiger partial charge in [0.05, 0.1) is 10.2 Å². The van der Waals surface area contributed by atoms with Crippen LogP contribution in [0.5, 0.6) is 0 Å². The molecule has 1 aromatic carbocycles. The van der Waals surface area contributed by atoms with Crippen LogP contribution >= 0.6 is 15.9 Å². The quantitative estimate of drug-likeness (QED) is 0.909. The summed E-state index contributed by atoms with van der Waals surface area (Å²) < 4.78 is 13.7. The first kappa shape index (κ1) is 11.3. The van der Waals surface area contributed by atoms with Crippen molar-refractivity contribution >= 4 is 15.9 Å². The molecule has 1 heterocycles. The number of hydrogen-bond donors (Lipinski definition) is 2. The minimum Gasteiger partial charge on any atom is -0.330 e. The maximum absolute atomic E-state index is 12.8. The lowest BCUT2D eigenvalue weighted by Gasteiger charge is -1.98. The van der Waals surface area contributed by atoms with Crippen molar-refractivity contribution in [1.82, 2.24) is 10.2 Å². The van der Waals surface area contributed by atoms with Gasteiger partial charge in [-0.05, 0) is 46.7 Å². The molecule has 0 aliphatic carbocycles. The zero-order chi connectivity index (χ0) is 11.5. The van der Waals surface area contributed by atoms with Crippen LogP contribution in [0.3, 0.4) is 0 Å². The van der Waals surface area contributed by atoms with Crippen LogP contribution in [0.15, 0.2) is 28.7 Å². The predicted molar refractivity (Wildman–Crippen MR) is 64.4 cm³/mol. The smallest absolute Gasteiger partial charge is 0.123 e. The fourth-order valence-corrected chi connectivity index (χ4v) is 2.08. The molecule has 2 rings (SSSR count). The van der Waals surface area contributed by atoms with E-state index < -0.39 is 0 Å². The molecule has 3 N–H and O–H groups in total. The van der Waals surface area contributed by atoms with Crippen LogP contribution < -0.4 is 5.73 Å². The number of nitrogens with zero attached hydrogens (tertiary/aromatic N) is 1. The molecule has 16 heavy (non-hydrogen) atoms. The molecule has 0 fully saturated rings. The second kappa shape index (κ2) is 4.76. The maximum atomic E-state index is 12.8. The van der Waals surface area contributed by atoms with E-state index in [0.29, 0.717) is 6.54 Å². The van der Waals surface area contributed by atoms with Crippen molar-refractivity contribution in [1.29, 1.82) is 0 Å². The van der Waals surface area contributed by atoms with Gasteiger partial charge in [0.1, 0.15) is 11.5 Å². The lowest BCUT2D eigenvalue weighted by atomic mass is 10.1. The topological polar surface area (TPSA) is 54.7 Å². The number of H-pyrrole nitrogens is 1. The Balaban J connectivity index is 2.37. The summed E-state index contributed by atoms with van der Waals surface area (Å²) in [4.78, 5) is 0. The minimum atomic E-state index is -0.252. The van der Waals surface area contributed by atoms with Gasteiger partial charge in [0.15, 0.2) is 0 Å². The van der Waals surface area contributed by atoms with E-state index in [-0.39, 0.29) is 5.82 Å². The highest BCUT2D eigenvalue weighted by Gasteiger charge is 2.11. The van der Waals surface area contributed by atoms with E-state index in [2.05, 4.69) is 26.1 Å². The molecule has 0 spiro atoms. The van der Waals surface area contributed by atoms with Crippen molar-refractivity contribution < 1.29 is 4.39 Å². The van der Waals surface area contributed by atoms with Gasteiger partial charge in [-0.1, -0.05) is 0 Å². The molecule has 0 saturated carbocycles. The molecule has 3 nitrogen and oxygen atoms in total.